The van der Waals surface area contributed by atoms with Gasteiger partial charge >= 0.3 is 51.4 Å². The van der Waals surface area contributed by atoms with Crippen LogP contribution in [0.25, 0.3) is 0 Å². The summed E-state index contributed by atoms with van der Waals surface area (Å²) < 4.78 is 0. The van der Waals surface area contributed by atoms with E-state index in [0.717, 1.165) is 42.9 Å². The second-order valence-electron chi connectivity index (χ2n) is 10.7. The van der Waals surface area contributed by atoms with Crippen molar-refractivity contribution in [1.29, 1.82) is 0 Å². The molecule has 0 amide bonds. The third-order valence-electron chi connectivity index (χ3n) is 9.33. The van der Waals surface area contributed by atoms with E-state index in [9.17, 15) is 19.8 Å². The monoisotopic (exact) mass is 456 g/mol. The van der Waals surface area contributed by atoms with Crippen molar-refractivity contribution in [3.8, 4) is 0 Å². The Morgan fingerprint density at radius 3 is 2.42 bits per heavy atom. The number of aliphatic carboxylic acids is 1. The molecule has 0 heterocycles. The second-order valence-corrected chi connectivity index (χ2v) is 10.7. The Morgan fingerprint density at radius 1 is 1.23 bits per heavy atom. The molecule has 0 aromatic heterocycles. The smallest absolute Gasteiger partial charge is 0.550 e. The topological polar surface area (TPSA) is 77.4 Å². The molecule has 9 unspecified atom stereocenters. The van der Waals surface area contributed by atoms with Crippen molar-refractivity contribution >= 4 is 11.8 Å². The zero-order valence-corrected chi connectivity index (χ0v) is 23.9. The van der Waals surface area contributed by atoms with Crippen molar-refractivity contribution in [2.24, 2.45) is 46.3 Å². The van der Waals surface area contributed by atoms with Crippen LogP contribution in [0.3, 0.4) is 0 Å². The Morgan fingerprint density at radius 2 is 1.84 bits per heavy atom. The van der Waals surface area contributed by atoms with Crippen LogP contribution < -0.4 is 56.5 Å². The summed E-state index contributed by atoms with van der Waals surface area (Å²) >= 11 is 0. The molecule has 4 nitrogen and oxygen atoms in total. The Balaban J connectivity index is 0.000000380. The van der Waals surface area contributed by atoms with Crippen LogP contribution in [0.1, 0.15) is 86.5 Å². The molecule has 9 atom stereocenters. The van der Waals surface area contributed by atoms with E-state index < -0.39 is 5.97 Å². The first kappa shape index (κ1) is 27.7. The molecule has 1 N–H and O–H groups in total. The molecule has 4 fully saturated rings. The van der Waals surface area contributed by atoms with Gasteiger partial charge in [0.25, 0.3) is 0 Å². The van der Waals surface area contributed by atoms with Crippen molar-refractivity contribution in [2.45, 2.75) is 92.6 Å². The van der Waals surface area contributed by atoms with Crippen LogP contribution in [-0.4, -0.2) is 23.0 Å². The molecule has 170 valence electrons. The maximum absolute atomic E-state index is 12.0. The minimum atomic E-state index is -0.995. The SMILES string of the molecule is CC.CC1CC2=CC(=O)CCC2(C)C2CCC3(C)C(O)C4CC4C3C12.CCC(=O)[O-].[K+]. The fourth-order valence-corrected chi connectivity index (χ4v) is 7.80. The molecule has 0 aromatic carbocycles. The molecule has 0 saturated heterocycles. The predicted octanol–water partition coefficient (Wildman–Crippen LogP) is 1.16. The summed E-state index contributed by atoms with van der Waals surface area (Å²) in [6.07, 6.45) is 8.70. The second kappa shape index (κ2) is 10.4. The van der Waals surface area contributed by atoms with E-state index in [1.807, 2.05) is 19.9 Å². The van der Waals surface area contributed by atoms with Gasteiger partial charge in [-0.1, -0.05) is 47.1 Å². The average Bonchev–Trinajstić information content (AvgIpc) is 3.47. The molecule has 31 heavy (non-hydrogen) atoms. The van der Waals surface area contributed by atoms with Gasteiger partial charge in [-0.25, -0.2) is 0 Å². The third kappa shape index (κ3) is 4.70. The van der Waals surface area contributed by atoms with Crippen LogP contribution in [0.15, 0.2) is 11.6 Å². The number of carboxylic acids is 1. The molecule has 5 aliphatic carbocycles. The summed E-state index contributed by atoms with van der Waals surface area (Å²) in [5.41, 5.74) is 1.88. The molecular formula is C26H41KO4. The number of hydrogen-bond donors (Lipinski definition) is 1. The van der Waals surface area contributed by atoms with Gasteiger partial charge in [0.05, 0.1) is 6.10 Å². The molecule has 5 rings (SSSR count). The van der Waals surface area contributed by atoms with Gasteiger partial charge in [-0.05, 0) is 90.9 Å². The summed E-state index contributed by atoms with van der Waals surface area (Å²) in [6.45, 7) is 12.8. The largest absolute Gasteiger partial charge is 1.00 e. The number of aliphatic hydroxyl groups excluding tert-OH is 1. The van der Waals surface area contributed by atoms with E-state index in [2.05, 4.69) is 20.8 Å². The molecule has 0 radical (unpaired) electrons. The van der Waals surface area contributed by atoms with E-state index in [-0.39, 0.29) is 74.7 Å². The normalized spacial score (nSPS) is 46.1. The van der Waals surface area contributed by atoms with Crippen molar-refractivity contribution in [3.63, 3.8) is 0 Å². The maximum Gasteiger partial charge on any atom is 1.00 e. The Bertz CT molecular complexity index is 718. The fourth-order valence-electron chi connectivity index (χ4n) is 7.80. The van der Waals surface area contributed by atoms with Crippen molar-refractivity contribution in [2.75, 3.05) is 0 Å². The summed E-state index contributed by atoms with van der Waals surface area (Å²) in [4.78, 5) is 21.2. The number of aliphatic hydroxyl groups is 1. The number of fused-ring (bicyclic) bond motifs is 7. The van der Waals surface area contributed by atoms with E-state index in [4.69, 9.17) is 0 Å². The molecule has 0 aliphatic heterocycles. The van der Waals surface area contributed by atoms with Gasteiger partial charge < -0.3 is 15.0 Å². The van der Waals surface area contributed by atoms with Crippen LogP contribution >= 0.6 is 0 Å². The molecule has 4 saturated carbocycles. The molecule has 0 bridgehead atoms. The fraction of sp³-hybridized carbons (Fsp3) is 0.846. The van der Waals surface area contributed by atoms with E-state index in [0.29, 0.717) is 17.6 Å². The number of ketones is 1. The average molecular weight is 457 g/mol. The summed E-state index contributed by atoms with van der Waals surface area (Å²) in [5, 5.41) is 20.1. The van der Waals surface area contributed by atoms with Crippen LogP contribution in [0.4, 0.5) is 0 Å². The molecule has 5 aliphatic rings. The van der Waals surface area contributed by atoms with Gasteiger partial charge in [-0.2, -0.15) is 0 Å². The molecule has 5 heteroatoms. The van der Waals surface area contributed by atoms with Crippen LogP contribution in [-0.2, 0) is 9.59 Å². The quantitative estimate of drug-likeness (QED) is 0.601. The van der Waals surface area contributed by atoms with Crippen LogP contribution in [0.2, 0.25) is 0 Å². The number of carbonyl (C=O) groups is 2. The van der Waals surface area contributed by atoms with Crippen LogP contribution in [0.5, 0.6) is 0 Å². The first-order valence-corrected chi connectivity index (χ1v) is 12.2. The van der Waals surface area contributed by atoms with Gasteiger partial charge in [0, 0.05) is 12.4 Å². The van der Waals surface area contributed by atoms with Gasteiger partial charge in [0.1, 0.15) is 0 Å². The molecule has 0 aromatic rings. The summed E-state index contributed by atoms with van der Waals surface area (Å²) in [7, 11) is 0. The molecule has 0 spiro atoms. The van der Waals surface area contributed by atoms with E-state index >= 15 is 0 Å². The number of allylic oxidation sites excluding steroid dienone is 1. The van der Waals surface area contributed by atoms with Crippen molar-refractivity contribution in [1.82, 2.24) is 0 Å². The molecular weight excluding hydrogens is 415 g/mol. The van der Waals surface area contributed by atoms with Gasteiger partial charge in [0.2, 0.25) is 0 Å². The number of carboxylic acid groups (broad SMARTS) is 1. The zero-order valence-electron chi connectivity index (χ0n) is 20.7. The number of carbonyl (C=O) groups excluding carboxylic acids is 2. The van der Waals surface area contributed by atoms with Gasteiger partial charge in [0.15, 0.2) is 5.78 Å². The Labute approximate surface area is 231 Å². The third-order valence-corrected chi connectivity index (χ3v) is 9.33. The van der Waals surface area contributed by atoms with Crippen LogP contribution in [0, 0.1) is 46.3 Å². The minimum absolute atomic E-state index is 0. The van der Waals surface area contributed by atoms with Gasteiger partial charge in [-0.3, -0.25) is 4.79 Å². The van der Waals surface area contributed by atoms with E-state index in [1.54, 1.807) is 0 Å². The number of rotatable bonds is 1. The van der Waals surface area contributed by atoms with Crippen molar-refractivity contribution in [3.05, 3.63) is 11.6 Å². The summed E-state index contributed by atoms with van der Waals surface area (Å²) in [6, 6.07) is 0. The van der Waals surface area contributed by atoms with Gasteiger partial charge in [-0.15, -0.1) is 0 Å². The maximum atomic E-state index is 12.0. The predicted molar refractivity (Wildman–Crippen MR) is 116 cm³/mol. The standard InChI is InChI=1S/C21H30O2.C3H6O2.C2H6.K/c1-11-8-12-9-13(22)4-6-20(12,2)16-5-7-21(3)18(17(11)16)14-10-15(14)19(21)23;1-2-3(4)5;1-2;/h9,11,14-19,23H,4-8,10H2,1-3H3;2H2,1H3,(H,4,5);1-2H3;/q;;;+1/p-1. The number of hydrogen-bond acceptors (Lipinski definition) is 4. The summed E-state index contributed by atoms with van der Waals surface area (Å²) in [5.74, 6) is 3.64. The Hall–Kier alpha value is 0.476. The first-order valence-electron chi connectivity index (χ1n) is 12.2. The van der Waals surface area contributed by atoms with E-state index in [1.165, 1.54) is 31.8 Å². The zero-order chi connectivity index (χ0) is 22.4. The minimum Gasteiger partial charge on any atom is -0.550 e. The Kier molecular flexibility index (Phi) is 9.29. The first-order chi connectivity index (χ1) is 14.1. The van der Waals surface area contributed by atoms with Crippen molar-refractivity contribution < 1.29 is 71.2 Å².